The van der Waals surface area contributed by atoms with Gasteiger partial charge in [0.15, 0.2) is 0 Å². The Hall–Kier alpha value is -1.59. The quantitative estimate of drug-likeness (QED) is 0.861. The van der Waals surface area contributed by atoms with Crippen molar-refractivity contribution in [3.63, 3.8) is 0 Å². The average molecular weight is 324 g/mol. The second kappa shape index (κ2) is 7.11. The Morgan fingerprint density at radius 2 is 1.50 bits per heavy atom. The van der Waals surface area contributed by atoms with Gasteiger partial charge in [-0.3, -0.25) is 9.59 Å². The highest BCUT2D eigenvalue weighted by Crippen LogP contribution is 2.27. The van der Waals surface area contributed by atoms with E-state index in [0.717, 1.165) is 39.0 Å². The third-order valence-electron chi connectivity index (χ3n) is 4.72. The van der Waals surface area contributed by atoms with Gasteiger partial charge >= 0.3 is 0 Å². The molecular formula is C16H22ClN3O2. The summed E-state index contributed by atoms with van der Waals surface area (Å²) >= 11 is 0. The van der Waals surface area contributed by atoms with E-state index in [9.17, 15) is 9.59 Å². The molecule has 2 amide bonds. The minimum atomic E-state index is -0.468. The first-order chi connectivity index (χ1) is 10.1. The van der Waals surface area contributed by atoms with Crippen molar-refractivity contribution in [3.8, 4) is 0 Å². The van der Waals surface area contributed by atoms with Crippen LogP contribution in [0.15, 0.2) is 24.3 Å². The molecule has 0 bridgehead atoms. The van der Waals surface area contributed by atoms with Crippen LogP contribution in [0.3, 0.4) is 0 Å². The zero-order valence-electron chi connectivity index (χ0n) is 12.5. The molecule has 0 unspecified atom stereocenters. The summed E-state index contributed by atoms with van der Waals surface area (Å²) in [5, 5.41) is 3.44. The smallest absolute Gasteiger partial charge is 0.253 e. The van der Waals surface area contributed by atoms with Crippen molar-refractivity contribution in [2.75, 3.05) is 26.2 Å². The van der Waals surface area contributed by atoms with Crippen LogP contribution in [0.5, 0.6) is 0 Å². The lowest BCUT2D eigenvalue weighted by Gasteiger charge is -2.21. The Labute approximate surface area is 136 Å². The lowest BCUT2D eigenvalue weighted by molar-refractivity contribution is 0.0758. The van der Waals surface area contributed by atoms with E-state index in [1.807, 2.05) is 4.90 Å². The number of primary amides is 1. The van der Waals surface area contributed by atoms with Gasteiger partial charge in [-0.25, -0.2) is 0 Å². The van der Waals surface area contributed by atoms with Gasteiger partial charge in [-0.05, 0) is 62.0 Å². The second-order valence-electron chi connectivity index (χ2n) is 5.99. The van der Waals surface area contributed by atoms with Gasteiger partial charge in [-0.15, -0.1) is 12.4 Å². The first-order valence-corrected chi connectivity index (χ1v) is 7.55. The lowest BCUT2D eigenvalue weighted by Crippen LogP contribution is -2.32. The highest BCUT2D eigenvalue weighted by Gasteiger charge is 2.31. The molecule has 2 saturated heterocycles. The predicted octanol–water partition coefficient (Wildman–Crippen LogP) is 1.28. The second-order valence-corrected chi connectivity index (χ2v) is 5.99. The molecule has 1 aromatic rings. The minimum Gasteiger partial charge on any atom is -0.366 e. The SMILES string of the molecule is Cl.NC(=O)c1ccc(C(=O)N2CC[C@@H]3CNC[C@@H]3CC2)cc1. The molecule has 0 aliphatic carbocycles. The molecule has 2 heterocycles. The number of hydrogen-bond donors (Lipinski definition) is 2. The molecule has 2 aliphatic rings. The normalized spacial score (nSPS) is 24.1. The molecule has 3 rings (SSSR count). The van der Waals surface area contributed by atoms with Crippen LogP contribution in [0.4, 0.5) is 0 Å². The number of nitrogens with one attached hydrogen (secondary N) is 1. The summed E-state index contributed by atoms with van der Waals surface area (Å²) in [4.78, 5) is 25.6. The molecule has 0 aromatic heterocycles. The molecule has 5 nitrogen and oxygen atoms in total. The Morgan fingerprint density at radius 3 is 2.00 bits per heavy atom. The lowest BCUT2D eigenvalue weighted by atomic mass is 9.92. The van der Waals surface area contributed by atoms with Crippen LogP contribution < -0.4 is 11.1 Å². The number of carbonyl (C=O) groups excluding carboxylic acids is 2. The first kappa shape index (κ1) is 16.8. The fourth-order valence-electron chi connectivity index (χ4n) is 3.38. The number of nitrogens with zero attached hydrogens (tertiary/aromatic N) is 1. The maximum absolute atomic E-state index is 12.5. The molecule has 120 valence electrons. The van der Waals surface area contributed by atoms with Gasteiger partial charge in [0.25, 0.3) is 5.91 Å². The van der Waals surface area contributed by atoms with E-state index >= 15 is 0 Å². The molecule has 0 saturated carbocycles. The fraction of sp³-hybridized carbons (Fsp3) is 0.500. The number of rotatable bonds is 2. The zero-order chi connectivity index (χ0) is 14.8. The maximum atomic E-state index is 12.5. The monoisotopic (exact) mass is 323 g/mol. The van der Waals surface area contributed by atoms with Gasteiger partial charge in [0.1, 0.15) is 0 Å². The summed E-state index contributed by atoms with van der Waals surface area (Å²) in [6.07, 6.45) is 2.14. The van der Waals surface area contributed by atoms with E-state index in [1.165, 1.54) is 0 Å². The maximum Gasteiger partial charge on any atom is 0.253 e. The summed E-state index contributed by atoms with van der Waals surface area (Å²) in [6.45, 7) is 3.80. The minimum absolute atomic E-state index is 0. The van der Waals surface area contributed by atoms with Crippen LogP contribution in [0.25, 0.3) is 0 Å². The summed E-state index contributed by atoms with van der Waals surface area (Å²) in [7, 11) is 0. The Kier molecular flexibility index (Phi) is 5.42. The Bertz CT molecular complexity index is 533. The van der Waals surface area contributed by atoms with Crippen LogP contribution in [0, 0.1) is 11.8 Å². The molecule has 2 fully saturated rings. The van der Waals surface area contributed by atoms with Gasteiger partial charge in [0, 0.05) is 24.2 Å². The van der Waals surface area contributed by atoms with Crippen molar-refractivity contribution in [3.05, 3.63) is 35.4 Å². The standard InChI is InChI=1S/C16H21N3O2.ClH/c17-15(20)11-1-3-12(4-2-11)16(21)19-7-5-13-9-18-10-14(13)6-8-19;/h1-4,13-14,18H,5-10H2,(H2,17,20);1H/t13-,14+;. The van der Waals surface area contributed by atoms with Crippen molar-refractivity contribution in [1.82, 2.24) is 10.2 Å². The van der Waals surface area contributed by atoms with Gasteiger partial charge in [-0.2, -0.15) is 0 Å². The molecule has 1 aromatic carbocycles. The van der Waals surface area contributed by atoms with Gasteiger partial charge in [-0.1, -0.05) is 0 Å². The largest absolute Gasteiger partial charge is 0.366 e. The van der Waals surface area contributed by atoms with Gasteiger partial charge in [0.05, 0.1) is 0 Å². The van der Waals surface area contributed by atoms with E-state index in [0.29, 0.717) is 23.0 Å². The number of fused-ring (bicyclic) bond motifs is 1. The van der Waals surface area contributed by atoms with Crippen molar-refractivity contribution >= 4 is 24.2 Å². The molecule has 6 heteroatoms. The molecule has 2 atom stereocenters. The summed E-state index contributed by atoms with van der Waals surface area (Å²) in [6, 6.07) is 6.61. The van der Waals surface area contributed by atoms with Crippen LogP contribution in [-0.2, 0) is 0 Å². The third kappa shape index (κ3) is 3.42. The molecule has 0 radical (unpaired) electrons. The zero-order valence-corrected chi connectivity index (χ0v) is 13.3. The topological polar surface area (TPSA) is 75.4 Å². The van der Waals surface area contributed by atoms with Crippen LogP contribution >= 0.6 is 12.4 Å². The highest BCUT2D eigenvalue weighted by molar-refractivity contribution is 5.97. The van der Waals surface area contributed by atoms with E-state index in [2.05, 4.69) is 5.32 Å². The number of benzene rings is 1. The van der Waals surface area contributed by atoms with Crippen LogP contribution in [0.2, 0.25) is 0 Å². The molecule has 22 heavy (non-hydrogen) atoms. The van der Waals surface area contributed by atoms with Crippen LogP contribution in [-0.4, -0.2) is 42.9 Å². The summed E-state index contributed by atoms with van der Waals surface area (Å²) in [5.74, 6) is 1.00. The summed E-state index contributed by atoms with van der Waals surface area (Å²) in [5.41, 5.74) is 6.28. The first-order valence-electron chi connectivity index (χ1n) is 7.55. The molecule has 2 aliphatic heterocycles. The highest BCUT2D eigenvalue weighted by atomic mass is 35.5. The molecule has 3 N–H and O–H groups in total. The predicted molar refractivity (Wildman–Crippen MR) is 87.2 cm³/mol. The van der Waals surface area contributed by atoms with Crippen LogP contribution in [0.1, 0.15) is 33.6 Å². The van der Waals surface area contributed by atoms with E-state index in [-0.39, 0.29) is 18.3 Å². The third-order valence-corrected chi connectivity index (χ3v) is 4.72. The van der Waals surface area contributed by atoms with Crippen molar-refractivity contribution in [2.45, 2.75) is 12.8 Å². The number of halogens is 1. The molecule has 0 spiro atoms. The van der Waals surface area contributed by atoms with E-state index < -0.39 is 5.91 Å². The Morgan fingerprint density at radius 1 is 1.00 bits per heavy atom. The fourth-order valence-corrected chi connectivity index (χ4v) is 3.38. The van der Waals surface area contributed by atoms with Crippen molar-refractivity contribution < 1.29 is 9.59 Å². The van der Waals surface area contributed by atoms with Crippen molar-refractivity contribution in [2.24, 2.45) is 17.6 Å². The number of amides is 2. The molecular weight excluding hydrogens is 302 g/mol. The summed E-state index contributed by atoms with van der Waals surface area (Å²) < 4.78 is 0. The van der Waals surface area contributed by atoms with E-state index in [1.54, 1.807) is 24.3 Å². The average Bonchev–Trinajstić information content (AvgIpc) is 2.85. The van der Waals surface area contributed by atoms with Crippen molar-refractivity contribution in [1.29, 1.82) is 0 Å². The Balaban J connectivity index is 0.00000176. The number of nitrogens with two attached hydrogens (primary N) is 1. The van der Waals surface area contributed by atoms with Gasteiger partial charge in [0.2, 0.25) is 5.91 Å². The van der Waals surface area contributed by atoms with E-state index in [4.69, 9.17) is 5.73 Å². The number of hydrogen-bond acceptors (Lipinski definition) is 3. The number of carbonyl (C=O) groups is 2. The van der Waals surface area contributed by atoms with Gasteiger partial charge < -0.3 is 16.0 Å². The number of likely N-dealkylation sites (tertiary alicyclic amines) is 1.